The third-order valence-electron chi connectivity index (χ3n) is 6.84. The molecule has 0 atom stereocenters. The monoisotopic (exact) mass is 496 g/mol. The Morgan fingerprint density at radius 1 is 1.17 bits per heavy atom. The average molecular weight is 497 g/mol. The smallest absolute Gasteiger partial charge is 0.368 e. The fourth-order valence-electron chi connectivity index (χ4n) is 4.69. The van der Waals surface area contributed by atoms with Gasteiger partial charge in [0.15, 0.2) is 0 Å². The summed E-state index contributed by atoms with van der Waals surface area (Å²) in [5, 5.41) is 2.51. The van der Waals surface area contributed by atoms with Crippen LogP contribution in [0.3, 0.4) is 0 Å². The zero-order valence-electron chi connectivity index (χ0n) is 20.7. The lowest BCUT2D eigenvalue weighted by molar-refractivity contribution is -0.137. The lowest BCUT2D eigenvalue weighted by Gasteiger charge is -2.39. The molecule has 2 N–H and O–H groups in total. The number of carbonyl (C=O) groups is 1. The molecule has 1 amide bonds. The van der Waals surface area contributed by atoms with Crippen molar-refractivity contribution >= 4 is 11.6 Å². The number of anilines is 1. The number of nitrogens with zero attached hydrogens (tertiary/aromatic N) is 2. The van der Waals surface area contributed by atoms with Crippen molar-refractivity contribution < 1.29 is 22.4 Å². The number of rotatable bonds is 6. The zero-order valence-corrected chi connectivity index (χ0v) is 20.7. The molecular weight excluding hydrogens is 464 g/mol. The number of aryl methyl sites for hydroxylation is 1. The number of pyridine rings is 1. The molecule has 2 aromatic rings. The fraction of sp³-hybridized carbons (Fsp3) is 0.520. The van der Waals surface area contributed by atoms with Crippen LogP contribution >= 0.6 is 0 Å². The molecule has 1 aliphatic heterocycles. The summed E-state index contributed by atoms with van der Waals surface area (Å²) in [6.07, 6.45) is -3.03. The van der Waals surface area contributed by atoms with Crippen LogP contribution in [-0.2, 0) is 12.7 Å². The Bertz CT molecular complexity index is 1150. The molecular formula is C25H32F4N4O2. The molecule has 35 heavy (non-hydrogen) atoms. The van der Waals surface area contributed by atoms with Gasteiger partial charge < -0.3 is 20.1 Å². The minimum absolute atomic E-state index is 0.0211. The van der Waals surface area contributed by atoms with Crippen molar-refractivity contribution in [3.63, 3.8) is 0 Å². The number of nitrogens with one attached hydrogen (secondary N) is 2. The van der Waals surface area contributed by atoms with Gasteiger partial charge in [-0.2, -0.15) is 13.2 Å². The highest BCUT2D eigenvalue weighted by atomic mass is 19.4. The first-order chi connectivity index (χ1) is 16.3. The number of likely N-dealkylation sites (tertiary alicyclic amines) is 1. The summed E-state index contributed by atoms with van der Waals surface area (Å²) in [5.74, 6) is -1.35. The van der Waals surface area contributed by atoms with Gasteiger partial charge in [-0.25, -0.2) is 4.39 Å². The minimum atomic E-state index is -4.64. The number of halogens is 4. The van der Waals surface area contributed by atoms with Crippen molar-refractivity contribution in [1.29, 1.82) is 0 Å². The van der Waals surface area contributed by atoms with Gasteiger partial charge in [0, 0.05) is 35.9 Å². The predicted molar refractivity (Wildman–Crippen MR) is 127 cm³/mol. The van der Waals surface area contributed by atoms with Crippen LogP contribution in [0.15, 0.2) is 16.9 Å². The van der Waals surface area contributed by atoms with E-state index in [1.165, 1.54) is 13.8 Å². The Kier molecular flexibility index (Phi) is 7.93. The molecule has 2 heterocycles. The average Bonchev–Trinajstić information content (AvgIpc) is 2.79. The number of amides is 1. The van der Waals surface area contributed by atoms with Crippen LogP contribution in [0.25, 0.3) is 0 Å². The molecule has 1 saturated heterocycles. The maximum absolute atomic E-state index is 14.2. The van der Waals surface area contributed by atoms with E-state index in [1.54, 1.807) is 6.92 Å². The number of carbonyl (C=O) groups excluding carboxylic acids is 1. The molecule has 10 heteroatoms. The third kappa shape index (κ3) is 5.69. The Hall–Kier alpha value is -2.88. The summed E-state index contributed by atoms with van der Waals surface area (Å²) in [5.41, 5.74) is -0.598. The summed E-state index contributed by atoms with van der Waals surface area (Å²) in [4.78, 5) is 31.8. The van der Waals surface area contributed by atoms with Gasteiger partial charge in [-0.05, 0) is 83.9 Å². The van der Waals surface area contributed by atoms with Gasteiger partial charge in [0.2, 0.25) is 0 Å². The predicted octanol–water partition coefficient (Wildman–Crippen LogP) is 4.31. The normalized spacial score (nSPS) is 15.3. The lowest BCUT2D eigenvalue weighted by atomic mass is 9.97. The van der Waals surface area contributed by atoms with Crippen molar-refractivity contribution in [2.24, 2.45) is 0 Å². The summed E-state index contributed by atoms with van der Waals surface area (Å²) in [6.45, 7) is 8.23. The minimum Gasteiger partial charge on any atom is -0.368 e. The van der Waals surface area contributed by atoms with Gasteiger partial charge >= 0.3 is 6.18 Å². The first-order valence-corrected chi connectivity index (χ1v) is 11.7. The summed E-state index contributed by atoms with van der Waals surface area (Å²) in [6, 6.07) is 2.01. The Morgan fingerprint density at radius 3 is 2.37 bits per heavy atom. The second-order valence-corrected chi connectivity index (χ2v) is 9.17. The molecule has 6 nitrogen and oxygen atoms in total. The number of benzene rings is 1. The molecule has 1 aromatic carbocycles. The van der Waals surface area contributed by atoms with E-state index in [0.717, 1.165) is 38.1 Å². The number of aromatic amines is 1. The summed E-state index contributed by atoms with van der Waals surface area (Å²) in [7, 11) is 2.01. The number of piperidine rings is 1. The molecule has 192 valence electrons. The highest BCUT2D eigenvalue weighted by Crippen LogP contribution is 2.37. The molecule has 1 aromatic heterocycles. The largest absolute Gasteiger partial charge is 0.416 e. The molecule has 0 aliphatic carbocycles. The van der Waals surface area contributed by atoms with E-state index in [4.69, 9.17) is 0 Å². The first-order valence-electron chi connectivity index (χ1n) is 11.7. The molecule has 1 aliphatic rings. The molecule has 0 spiro atoms. The van der Waals surface area contributed by atoms with Crippen molar-refractivity contribution in [3.05, 3.63) is 61.8 Å². The van der Waals surface area contributed by atoms with Crippen LogP contribution in [0, 0.1) is 26.6 Å². The number of aromatic nitrogens is 1. The van der Waals surface area contributed by atoms with Gasteiger partial charge in [-0.15, -0.1) is 0 Å². The van der Waals surface area contributed by atoms with Gasteiger partial charge in [0.1, 0.15) is 5.82 Å². The van der Waals surface area contributed by atoms with Gasteiger partial charge in [0.05, 0.1) is 11.3 Å². The number of hydrogen-bond acceptors (Lipinski definition) is 4. The van der Waals surface area contributed by atoms with E-state index >= 15 is 0 Å². The van der Waals surface area contributed by atoms with Crippen molar-refractivity contribution in [2.75, 3.05) is 31.6 Å². The Labute approximate surface area is 202 Å². The topological polar surface area (TPSA) is 68.4 Å². The Balaban J connectivity index is 1.98. The van der Waals surface area contributed by atoms with E-state index in [-0.39, 0.29) is 35.0 Å². The number of alkyl halides is 3. The SMILES string of the molecule is CCN(c1cc(C(F)(F)F)cc(C(=O)NCc2c(C)c(F)c(C)[nH]c2=O)c1C)C1CCN(C)CC1. The maximum atomic E-state index is 14.2. The van der Waals surface area contributed by atoms with E-state index in [9.17, 15) is 27.2 Å². The maximum Gasteiger partial charge on any atom is 0.416 e. The standard InChI is InChI=1S/C25H32F4N4O2/c1-6-33(18-7-9-32(5)10-8-18)21-12-17(25(27,28)29)11-19(14(21)2)23(34)30-13-20-15(3)22(26)16(4)31-24(20)35/h11-12,18H,6-10,13H2,1-5H3,(H,30,34)(H,31,35). The van der Waals surface area contributed by atoms with Gasteiger partial charge in [-0.1, -0.05) is 0 Å². The van der Waals surface area contributed by atoms with Crippen LogP contribution in [-0.4, -0.2) is 48.5 Å². The van der Waals surface area contributed by atoms with Crippen LogP contribution in [0.1, 0.15) is 58.1 Å². The van der Waals surface area contributed by atoms with E-state index < -0.39 is 29.0 Å². The van der Waals surface area contributed by atoms with Crippen molar-refractivity contribution in [3.8, 4) is 0 Å². The van der Waals surface area contributed by atoms with Gasteiger partial charge in [-0.3, -0.25) is 9.59 Å². The third-order valence-corrected chi connectivity index (χ3v) is 6.84. The highest BCUT2D eigenvalue weighted by Gasteiger charge is 2.34. The highest BCUT2D eigenvalue weighted by molar-refractivity contribution is 5.97. The molecule has 0 bridgehead atoms. The van der Waals surface area contributed by atoms with E-state index in [0.29, 0.717) is 17.8 Å². The van der Waals surface area contributed by atoms with Crippen LogP contribution in [0.2, 0.25) is 0 Å². The number of H-pyrrole nitrogens is 1. The Morgan fingerprint density at radius 2 is 1.80 bits per heavy atom. The van der Waals surface area contributed by atoms with Gasteiger partial charge in [0.25, 0.3) is 11.5 Å². The second-order valence-electron chi connectivity index (χ2n) is 9.17. The lowest BCUT2D eigenvalue weighted by Crippen LogP contribution is -2.44. The van der Waals surface area contributed by atoms with Crippen LogP contribution in [0.4, 0.5) is 23.2 Å². The molecule has 0 radical (unpaired) electrons. The summed E-state index contributed by atoms with van der Waals surface area (Å²) < 4.78 is 55.6. The molecule has 0 unspecified atom stereocenters. The molecule has 1 fully saturated rings. The van der Waals surface area contributed by atoms with Crippen LogP contribution in [0.5, 0.6) is 0 Å². The first kappa shape index (κ1) is 26.7. The second kappa shape index (κ2) is 10.4. The van der Waals surface area contributed by atoms with Crippen LogP contribution < -0.4 is 15.8 Å². The van der Waals surface area contributed by atoms with Crippen molar-refractivity contribution in [1.82, 2.24) is 15.2 Å². The molecule has 3 rings (SSSR count). The van der Waals surface area contributed by atoms with E-state index in [2.05, 4.69) is 15.2 Å². The quantitative estimate of drug-likeness (QED) is 0.585. The van der Waals surface area contributed by atoms with Crippen molar-refractivity contribution in [2.45, 2.75) is 59.3 Å². The van der Waals surface area contributed by atoms with E-state index in [1.807, 2.05) is 18.9 Å². The molecule has 0 saturated carbocycles. The number of hydrogen-bond donors (Lipinski definition) is 2. The zero-order chi connectivity index (χ0) is 26.1. The summed E-state index contributed by atoms with van der Waals surface area (Å²) >= 11 is 0. The fourth-order valence-corrected chi connectivity index (χ4v) is 4.69.